The summed E-state index contributed by atoms with van der Waals surface area (Å²) in [7, 11) is 0. The van der Waals surface area contributed by atoms with Gasteiger partial charge in [0.25, 0.3) is 5.91 Å². The summed E-state index contributed by atoms with van der Waals surface area (Å²) in [5, 5.41) is 15.5. The molecule has 0 radical (unpaired) electrons. The third-order valence-corrected chi connectivity index (χ3v) is 4.47. The number of aliphatic hydroxyl groups is 1. The van der Waals surface area contributed by atoms with Gasteiger partial charge in [0.05, 0.1) is 0 Å². The van der Waals surface area contributed by atoms with Crippen LogP contribution in [0.15, 0.2) is 42.6 Å². The lowest BCUT2D eigenvalue weighted by Crippen LogP contribution is -2.54. The minimum Gasteiger partial charge on any atom is -0.384 e. The number of pyridine rings is 1. The summed E-state index contributed by atoms with van der Waals surface area (Å²) < 4.78 is 13.1. The third-order valence-electron chi connectivity index (χ3n) is 4.47. The number of anilines is 1. The monoisotopic (exact) mass is 388 g/mol. The van der Waals surface area contributed by atoms with E-state index in [4.69, 9.17) is 5.73 Å². The van der Waals surface area contributed by atoms with Crippen LogP contribution in [-0.4, -0.2) is 33.5 Å². The average molecular weight is 388 g/mol. The molecule has 0 aliphatic rings. The maximum absolute atomic E-state index is 13.1. The molecule has 150 valence electrons. The SMILES string of the molecule is CC[C@@](C)(O)C(=O)N[C@@H](Cc1ccc(F)cc1)C(=O)NCc1ccc(N)nc1. The number of benzene rings is 1. The lowest BCUT2D eigenvalue weighted by Gasteiger charge is -2.25. The van der Waals surface area contributed by atoms with E-state index in [2.05, 4.69) is 15.6 Å². The largest absolute Gasteiger partial charge is 0.384 e. The summed E-state index contributed by atoms with van der Waals surface area (Å²) in [6.07, 6.45) is 1.89. The highest BCUT2D eigenvalue weighted by Gasteiger charge is 2.31. The van der Waals surface area contributed by atoms with Crippen molar-refractivity contribution in [1.29, 1.82) is 0 Å². The zero-order chi connectivity index (χ0) is 20.7. The first-order chi connectivity index (χ1) is 13.2. The maximum Gasteiger partial charge on any atom is 0.252 e. The maximum atomic E-state index is 13.1. The fraction of sp³-hybridized carbons (Fsp3) is 0.350. The number of halogens is 1. The molecule has 28 heavy (non-hydrogen) atoms. The van der Waals surface area contributed by atoms with Crippen LogP contribution in [0.3, 0.4) is 0 Å². The van der Waals surface area contributed by atoms with Crippen LogP contribution in [0.25, 0.3) is 0 Å². The number of nitrogen functional groups attached to an aromatic ring is 1. The Morgan fingerprint density at radius 2 is 1.86 bits per heavy atom. The number of nitrogens with one attached hydrogen (secondary N) is 2. The fourth-order valence-electron chi connectivity index (χ4n) is 2.39. The molecule has 2 aromatic rings. The van der Waals surface area contributed by atoms with Crippen LogP contribution in [0.1, 0.15) is 31.4 Å². The number of nitrogens with two attached hydrogens (primary N) is 1. The molecule has 7 nitrogen and oxygen atoms in total. The van der Waals surface area contributed by atoms with Crippen molar-refractivity contribution in [3.8, 4) is 0 Å². The number of nitrogens with zero attached hydrogens (tertiary/aromatic N) is 1. The van der Waals surface area contributed by atoms with E-state index in [1.165, 1.54) is 19.1 Å². The highest BCUT2D eigenvalue weighted by molar-refractivity contribution is 5.91. The summed E-state index contributed by atoms with van der Waals surface area (Å²) in [6, 6.07) is 8.09. The lowest BCUT2D eigenvalue weighted by atomic mass is 10.00. The van der Waals surface area contributed by atoms with Crippen LogP contribution in [0, 0.1) is 5.82 Å². The quantitative estimate of drug-likeness (QED) is 0.544. The van der Waals surface area contributed by atoms with E-state index in [9.17, 15) is 19.1 Å². The Bertz CT molecular complexity index is 807. The van der Waals surface area contributed by atoms with Crippen LogP contribution in [0.5, 0.6) is 0 Å². The molecule has 0 bridgehead atoms. The molecule has 2 atom stereocenters. The molecule has 0 saturated heterocycles. The Kier molecular flexibility index (Phi) is 7.06. The molecule has 1 aromatic carbocycles. The zero-order valence-corrected chi connectivity index (χ0v) is 15.9. The van der Waals surface area contributed by atoms with Gasteiger partial charge < -0.3 is 21.5 Å². The van der Waals surface area contributed by atoms with E-state index in [1.54, 1.807) is 37.4 Å². The van der Waals surface area contributed by atoms with Gasteiger partial charge in [0, 0.05) is 19.2 Å². The third kappa shape index (κ3) is 6.02. The van der Waals surface area contributed by atoms with Crippen molar-refractivity contribution in [1.82, 2.24) is 15.6 Å². The number of carbonyl (C=O) groups excluding carboxylic acids is 2. The van der Waals surface area contributed by atoms with Gasteiger partial charge in [-0.05, 0) is 42.7 Å². The first-order valence-corrected chi connectivity index (χ1v) is 8.97. The summed E-state index contributed by atoms with van der Waals surface area (Å²) >= 11 is 0. The first-order valence-electron chi connectivity index (χ1n) is 8.97. The van der Waals surface area contributed by atoms with Gasteiger partial charge in [-0.15, -0.1) is 0 Å². The molecule has 0 saturated carbocycles. The molecule has 2 rings (SSSR count). The van der Waals surface area contributed by atoms with E-state index in [-0.39, 0.29) is 19.4 Å². The van der Waals surface area contributed by atoms with Crippen LogP contribution in [0.4, 0.5) is 10.2 Å². The van der Waals surface area contributed by atoms with E-state index >= 15 is 0 Å². The Labute approximate surface area is 163 Å². The van der Waals surface area contributed by atoms with Crippen LogP contribution >= 0.6 is 0 Å². The molecule has 8 heteroatoms. The second kappa shape index (κ2) is 9.27. The van der Waals surface area contributed by atoms with Gasteiger partial charge in [0.2, 0.25) is 5.91 Å². The molecule has 1 aromatic heterocycles. The molecule has 0 spiro atoms. The summed E-state index contributed by atoms with van der Waals surface area (Å²) in [6.45, 7) is 3.25. The summed E-state index contributed by atoms with van der Waals surface area (Å²) in [4.78, 5) is 29.0. The standard InChI is InChI=1S/C20H25FN4O3/c1-3-20(2,28)19(27)25-16(10-13-4-7-15(21)8-5-13)18(26)24-12-14-6-9-17(22)23-11-14/h4-9,11,16,28H,3,10,12H2,1-2H3,(H2,22,23)(H,24,26)(H,25,27)/t16-,20+/m0/s1. The van der Waals surface area contributed by atoms with Crippen LogP contribution in [0.2, 0.25) is 0 Å². The smallest absolute Gasteiger partial charge is 0.252 e. The number of amides is 2. The van der Waals surface area contributed by atoms with Crippen molar-refractivity contribution < 1.29 is 19.1 Å². The summed E-state index contributed by atoms with van der Waals surface area (Å²) in [5.74, 6) is -1.09. The molecule has 5 N–H and O–H groups in total. The van der Waals surface area contributed by atoms with E-state index in [0.717, 1.165) is 5.56 Å². The van der Waals surface area contributed by atoms with Gasteiger partial charge in [0.1, 0.15) is 23.3 Å². The minimum absolute atomic E-state index is 0.150. The highest BCUT2D eigenvalue weighted by atomic mass is 19.1. The van der Waals surface area contributed by atoms with Gasteiger partial charge in [-0.2, -0.15) is 0 Å². The molecule has 0 aliphatic carbocycles. The number of carbonyl (C=O) groups is 2. The topological polar surface area (TPSA) is 117 Å². The van der Waals surface area contributed by atoms with Crippen molar-refractivity contribution in [2.45, 2.75) is 44.9 Å². The number of hydrogen-bond donors (Lipinski definition) is 4. The van der Waals surface area contributed by atoms with Gasteiger partial charge >= 0.3 is 0 Å². The molecule has 0 aliphatic heterocycles. The predicted molar refractivity (Wildman–Crippen MR) is 103 cm³/mol. The van der Waals surface area contributed by atoms with Crippen LogP contribution in [-0.2, 0) is 22.6 Å². The Hall–Kier alpha value is -3.00. The average Bonchev–Trinajstić information content (AvgIpc) is 2.68. The first kappa shape index (κ1) is 21.3. The Morgan fingerprint density at radius 3 is 2.43 bits per heavy atom. The lowest BCUT2D eigenvalue weighted by molar-refractivity contribution is -0.141. The molecule has 0 fully saturated rings. The van der Waals surface area contributed by atoms with Crippen molar-refractivity contribution in [2.24, 2.45) is 0 Å². The van der Waals surface area contributed by atoms with E-state index in [0.29, 0.717) is 11.4 Å². The summed E-state index contributed by atoms with van der Waals surface area (Å²) in [5.41, 5.74) is 5.36. The minimum atomic E-state index is -1.60. The van der Waals surface area contributed by atoms with Crippen molar-refractivity contribution in [3.63, 3.8) is 0 Å². The number of aromatic nitrogens is 1. The molecular weight excluding hydrogens is 363 g/mol. The van der Waals surface area contributed by atoms with Gasteiger partial charge in [-0.3, -0.25) is 9.59 Å². The van der Waals surface area contributed by atoms with Crippen molar-refractivity contribution in [3.05, 3.63) is 59.5 Å². The Morgan fingerprint density at radius 1 is 1.21 bits per heavy atom. The fourth-order valence-corrected chi connectivity index (χ4v) is 2.39. The number of rotatable bonds is 8. The van der Waals surface area contributed by atoms with Gasteiger partial charge in [0.15, 0.2) is 0 Å². The number of hydrogen-bond acceptors (Lipinski definition) is 5. The zero-order valence-electron chi connectivity index (χ0n) is 15.9. The van der Waals surface area contributed by atoms with Crippen molar-refractivity contribution >= 4 is 17.6 Å². The van der Waals surface area contributed by atoms with E-state index < -0.39 is 29.3 Å². The predicted octanol–water partition coefficient (Wildman–Crippen LogP) is 1.31. The second-order valence-electron chi connectivity index (χ2n) is 6.79. The van der Waals surface area contributed by atoms with Crippen LogP contribution < -0.4 is 16.4 Å². The molecule has 2 amide bonds. The molecule has 1 heterocycles. The molecule has 0 unspecified atom stereocenters. The van der Waals surface area contributed by atoms with Crippen molar-refractivity contribution in [2.75, 3.05) is 5.73 Å². The normalized spacial score (nSPS) is 14.0. The van der Waals surface area contributed by atoms with Gasteiger partial charge in [-0.1, -0.05) is 25.1 Å². The van der Waals surface area contributed by atoms with Gasteiger partial charge in [-0.25, -0.2) is 9.37 Å². The second-order valence-corrected chi connectivity index (χ2v) is 6.79. The Balaban J connectivity index is 2.11. The molecular formula is C20H25FN4O3. The highest BCUT2D eigenvalue weighted by Crippen LogP contribution is 2.11. The van der Waals surface area contributed by atoms with E-state index in [1.807, 2.05) is 0 Å².